The number of carbonyl (C=O) groups excluding carboxylic acids is 2. The molecule has 0 radical (unpaired) electrons. The van der Waals surface area contributed by atoms with E-state index in [2.05, 4.69) is 38.3 Å². The number of benzene rings is 2. The summed E-state index contributed by atoms with van der Waals surface area (Å²) in [6.07, 6.45) is 2.70. The molecule has 0 spiro atoms. The van der Waals surface area contributed by atoms with Gasteiger partial charge in [0.2, 0.25) is 11.8 Å². The summed E-state index contributed by atoms with van der Waals surface area (Å²) in [5.41, 5.74) is 8.60. The molecule has 28 heavy (non-hydrogen) atoms. The summed E-state index contributed by atoms with van der Waals surface area (Å²) >= 11 is 3.44. The topological polar surface area (TPSA) is 75.4 Å². The van der Waals surface area contributed by atoms with Gasteiger partial charge < -0.3 is 11.1 Å². The highest BCUT2D eigenvalue weighted by atomic mass is 79.9. The molecule has 2 amide bonds. The molecule has 0 aromatic heterocycles. The third kappa shape index (κ3) is 4.28. The van der Waals surface area contributed by atoms with Crippen molar-refractivity contribution in [2.24, 2.45) is 11.7 Å². The van der Waals surface area contributed by atoms with E-state index < -0.39 is 0 Å². The number of nitrogens with two attached hydrogens (primary N) is 1. The van der Waals surface area contributed by atoms with Gasteiger partial charge in [0.15, 0.2) is 0 Å². The molecule has 3 atom stereocenters. The van der Waals surface area contributed by atoms with Crippen LogP contribution in [0.4, 0.5) is 5.69 Å². The lowest BCUT2D eigenvalue weighted by Gasteiger charge is -2.22. The lowest BCUT2D eigenvalue weighted by atomic mass is 10.1. The summed E-state index contributed by atoms with van der Waals surface area (Å²) in [5, 5.41) is 3.06. The van der Waals surface area contributed by atoms with Crippen molar-refractivity contribution in [2.45, 2.75) is 37.8 Å². The van der Waals surface area contributed by atoms with E-state index in [9.17, 15) is 9.59 Å². The molecule has 5 nitrogen and oxygen atoms in total. The Morgan fingerprint density at radius 3 is 2.71 bits per heavy atom. The van der Waals surface area contributed by atoms with Crippen molar-refractivity contribution in [1.29, 1.82) is 0 Å². The zero-order valence-electron chi connectivity index (χ0n) is 15.6. The van der Waals surface area contributed by atoms with Gasteiger partial charge in [0, 0.05) is 22.6 Å². The Morgan fingerprint density at radius 1 is 1.18 bits per heavy atom. The molecule has 1 saturated carbocycles. The second-order valence-electron chi connectivity index (χ2n) is 7.72. The van der Waals surface area contributed by atoms with Gasteiger partial charge in [0.05, 0.1) is 6.04 Å². The smallest absolute Gasteiger partial charge is 0.234 e. The zero-order valence-corrected chi connectivity index (χ0v) is 17.2. The summed E-state index contributed by atoms with van der Waals surface area (Å²) in [5.74, 6) is 0.149. The van der Waals surface area contributed by atoms with E-state index in [4.69, 9.17) is 5.73 Å². The Morgan fingerprint density at radius 2 is 1.96 bits per heavy atom. The molecule has 3 N–H and O–H groups in total. The van der Waals surface area contributed by atoms with Gasteiger partial charge in [-0.2, -0.15) is 0 Å². The van der Waals surface area contributed by atoms with Crippen molar-refractivity contribution in [3.05, 3.63) is 64.1 Å². The number of nitrogens with zero attached hydrogens (tertiary/aromatic N) is 1. The summed E-state index contributed by atoms with van der Waals surface area (Å²) < 4.78 is 1.05. The van der Waals surface area contributed by atoms with E-state index in [1.165, 1.54) is 5.56 Å². The Kier molecular flexibility index (Phi) is 5.51. The minimum atomic E-state index is -0.255. The SMILES string of the molecule is NC(=O)C1CCCN1Cc1cccc(NC(=O)C2CC2c2ccc(Br)cc2)c1. The predicted molar refractivity (Wildman–Crippen MR) is 113 cm³/mol. The first-order valence-electron chi connectivity index (χ1n) is 9.70. The summed E-state index contributed by atoms with van der Waals surface area (Å²) in [6.45, 7) is 1.55. The summed E-state index contributed by atoms with van der Waals surface area (Å²) in [4.78, 5) is 26.3. The van der Waals surface area contributed by atoms with E-state index in [0.29, 0.717) is 12.5 Å². The standard InChI is InChI=1S/C22H24BrN3O2/c23-16-8-6-15(7-9-16)18-12-19(18)22(28)25-17-4-1-3-14(11-17)13-26-10-2-5-20(26)21(24)27/h1,3-4,6-9,11,18-20H,2,5,10,12-13H2,(H2,24,27)(H,25,28). The van der Waals surface area contributed by atoms with Crippen LogP contribution < -0.4 is 11.1 Å². The van der Waals surface area contributed by atoms with Crippen molar-refractivity contribution >= 4 is 33.4 Å². The lowest BCUT2D eigenvalue weighted by Crippen LogP contribution is -2.39. The molecule has 1 aliphatic carbocycles. The van der Waals surface area contributed by atoms with Crippen LogP contribution >= 0.6 is 15.9 Å². The Labute approximate surface area is 173 Å². The molecule has 4 rings (SSSR count). The molecule has 2 aromatic carbocycles. The number of anilines is 1. The molecule has 1 saturated heterocycles. The van der Waals surface area contributed by atoms with Crippen LogP contribution in [0.2, 0.25) is 0 Å². The van der Waals surface area contributed by atoms with Crippen LogP contribution in [0.1, 0.15) is 36.3 Å². The maximum atomic E-state index is 12.6. The molecule has 2 aliphatic rings. The van der Waals surface area contributed by atoms with Gasteiger partial charge in [0.1, 0.15) is 0 Å². The fourth-order valence-corrected chi connectivity index (χ4v) is 4.38. The van der Waals surface area contributed by atoms with Gasteiger partial charge in [0.25, 0.3) is 0 Å². The number of halogens is 1. The highest BCUT2D eigenvalue weighted by molar-refractivity contribution is 9.10. The van der Waals surface area contributed by atoms with Crippen LogP contribution in [0.25, 0.3) is 0 Å². The first-order chi connectivity index (χ1) is 13.5. The van der Waals surface area contributed by atoms with Gasteiger partial charge >= 0.3 is 0 Å². The lowest BCUT2D eigenvalue weighted by molar-refractivity contribution is -0.122. The Balaban J connectivity index is 1.36. The largest absolute Gasteiger partial charge is 0.368 e. The van der Waals surface area contributed by atoms with E-state index in [1.54, 1.807) is 0 Å². The van der Waals surface area contributed by atoms with Crippen LogP contribution in [0, 0.1) is 5.92 Å². The average Bonchev–Trinajstić information content (AvgIpc) is 3.34. The Hall–Kier alpha value is -2.18. The zero-order chi connectivity index (χ0) is 19.7. The number of primary amides is 1. The number of likely N-dealkylation sites (tertiary alicyclic amines) is 1. The van der Waals surface area contributed by atoms with E-state index in [-0.39, 0.29) is 23.8 Å². The summed E-state index contributed by atoms with van der Waals surface area (Å²) in [7, 11) is 0. The first-order valence-corrected chi connectivity index (χ1v) is 10.5. The predicted octanol–water partition coefficient (Wildman–Crippen LogP) is 3.64. The molecule has 1 aliphatic heterocycles. The maximum Gasteiger partial charge on any atom is 0.234 e. The molecule has 3 unspecified atom stereocenters. The fraction of sp³-hybridized carbons (Fsp3) is 0.364. The quantitative estimate of drug-likeness (QED) is 0.718. The maximum absolute atomic E-state index is 12.6. The summed E-state index contributed by atoms with van der Waals surface area (Å²) in [6, 6.07) is 15.9. The molecular weight excluding hydrogens is 418 g/mol. The number of rotatable bonds is 6. The van der Waals surface area contributed by atoms with E-state index >= 15 is 0 Å². The minimum absolute atomic E-state index is 0.0302. The van der Waals surface area contributed by atoms with Gasteiger partial charge in [-0.15, -0.1) is 0 Å². The van der Waals surface area contributed by atoms with E-state index in [1.807, 2.05) is 36.4 Å². The molecule has 6 heteroatoms. The number of hydrogen-bond donors (Lipinski definition) is 2. The Bertz CT molecular complexity index is 884. The van der Waals surface area contributed by atoms with Crippen molar-refractivity contribution in [2.75, 3.05) is 11.9 Å². The van der Waals surface area contributed by atoms with Crippen LogP contribution in [0.15, 0.2) is 53.0 Å². The second kappa shape index (κ2) is 8.05. The third-order valence-electron chi connectivity index (χ3n) is 5.70. The number of nitrogens with one attached hydrogen (secondary N) is 1. The van der Waals surface area contributed by atoms with Crippen LogP contribution in [-0.2, 0) is 16.1 Å². The van der Waals surface area contributed by atoms with Crippen LogP contribution in [-0.4, -0.2) is 29.3 Å². The van der Waals surface area contributed by atoms with Gasteiger partial charge in [-0.1, -0.05) is 40.2 Å². The van der Waals surface area contributed by atoms with Gasteiger partial charge in [-0.25, -0.2) is 0 Å². The second-order valence-corrected chi connectivity index (χ2v) is 8.64. The van der Waals surface area contributed by atoms with Crippen molar-refractivity contribution in [3.63, 3.8) is 0 Å². The molecule has 0 bridgehead atoms. The monoisotopic (exact) mass is 441 g/mol. The fourth-order valence-electron chi connectivity index (χ4n) is 4.12. The molecule has 146 valence electrons. The average molecular weight is 442 g/mol. The van der Waals surface area contributed by atoms with Crippen molar-refractivity contribution in [3.8, 4) is 0 Å². The van der Waals surface area contributed by atoms with Gasteiger partial charge in [-0.3, -0.25) is 14.5 Å². The van der Waals surface area contributed by atoms with Crippen molar-refractivity contribution in [1.82, 2.24) is 4.90 Å². The van der Waals surface area contributed by atoms with Crippen LogP contribution in [0.5, 0.6) is 0 Å². The number of hydrogen-bond acceptors (Lipinski definition) is 3. The highest BCUT2D eigenvalue weighted by Crippen LogP contribution is 2.48. The van der Waals surface area contributed by atoms with Crippen molar-refractivity contribution < 1.29 is 9.59 Å². The van der Waals surface area contributed by atoms with Crippen LogP contribution in [0.3, 0.4) is 0 Å². The third-order valence-corrected chi connectivity index (χ3v) is 6.23. The first kappa shape index (κ1) is 19.2. The molecule has 1 heterocycles. The van der Waals surface area contributed by atoms with E-state index in [0.717, 1.165) is 41.5 Å². The van der Waals surface area contributed by atoms with Gasteiger partial charge in [-0.05, 0) is 67.1 Å². The number of amides is 2. The number of carbonyl (C=O) groups is 2. The molecule has 2 aromatic rings. The highest BCUT2D eigenvalue weighted by Gasteiger charge is 2.43. The minimum Gasteiger partial charge on any atom is -0.368 e. The molecular formula is C22H24BrN3O2. The normalized spacial score (nSPS) is 24.1. The molecule has 2 fully saturated rings.